The molecule has 0 aromatic heterocycles. The molecule has 0 aliphatic heterocycles. The maximum absolute atomic E-state index is 11.8. The van der Waals surface area contributed by atoms with E-state index in [1.807, 2.05) is 0 Å². The molecular formula is C19H38O6S. The first kappa shape index (κ1) is 25.3. The molecule has 26 heavy (non-hydrogen) atoms. The van der Waals surface area contributed by atoms with Crippen LogP contribution in [0.5, 0.6) is 0 Å². The van der Waals surface area contributed by atoms with Crippen LogP contribution in [0.25, 0.3) is 0 Å². The van der Waals surface area contributed by atoms with Crippen LogP contribution in [0.3, 0.4) is 0 Å². The highest BCUT2D eigenvalue weighted by Crippen LogP contribution is 2.15. The van der Waals surface area contributed by atoms with Crippen LogP contribution in [0.1, 0.15) is 90.4 Å². The Kier molecular flexibility index (Phi) is 16.1. The summed E-state index contributed by atoms with van der Waals surface area (Å²) in [7, 11) is -2.97. The van der Waals surface area contributed by atoms with E-state index in [9.17, 15) is 17.8 Å². The molecule has 0 aliphatic carbocycles. The van der Waals surface area contributed by atoms with Gasteiger partial charge in [-0.25, -0.2) is 0 Å². The van der Waals surface area contributed by atoms with Gasteiger partial charge in [0.15, 0.2) is 5.25 Å². The summed E-state index contributed by atoms with van der Waals surface area (Å²) in [6, 6.07) is 0. The number of ether oxygens (including phenoxy) is 2. The first-order valence-electron chi connectivity index (χ1n) is 10.0. The number of carbonyl (C=O) groups excluding carboxylic acids is 1. The van der Waals surface area contributed by atoms with Crippen LogP contribution in [-0.4, -0.2) is 44.5 Å². The molecule has 0 amide bonds. The fourth-order valence-electron chi connectivity index (χ4n) is 2.88. The Morgan fingerprint density at radius 3 is 1.73 bits per heavy atom. The van der Waals surface area contributed by atoms with Gasteiger partial charge in [-0.1, -0.05) is 84.0 Å². The van der Waals surface area contributed by atoms with Gasteiger partial charge in [-0.15, -0.1) is 0 Å². The monoisotopic (exact) mass is 394 g/mol. The smallest absolute Gasteiger partial charge is 0.326 e. The average Bonchev–Trinajstić information content (AvgIpc) is 2.58. The molecule has 0 fully saturated rings. The zero-order valence-corrected chi connectivity index (χ0v) is 17.4. The van der Waals surface area contributed by atoms with Gasteiger partial charge in [-0.2, -0.15) is 8.42 Å². The van der Waals surface area contributed by atoms with Crippen molar-refractivity contribution in [3.8, 4) is 0 Å². The second-order valence-corrected chi connectivity index (χ2v) is 8.44. The lowest BCUT2D eigenvalue weighted by atomic mass is 10.0. The van der Waals surface area contributed by atoms with E-state index in [-0.39, 0.29) is 19.6 Å². The van der Waals surface area contributed by atoms with Crippen LogP contribution in [0.4, 0.5) is 0 Å². The van der Waals surface area contributed by atoms with Gasteiger partial charge >= 0.3 is 5.97 Å². The average molecular weight is 395 g/mol. The van der Waals surface area contributed by atoms with Crippen molar-refractivity contribution in [3.05, 3.63) is 0 Å². The van der Waals surface area contributed by atoms with Gasteiger partial charge in [-0.05, 0) is 6.42 Å². The van der Waals surface area contributed by atoms with E-state index in [1.54, 1.807) is 0 Å². The third-order valence-corrected chi connectivity index (χ3v) is 5.62. The van der Waals surface area contributed by atoms with E-state index in [0.717, 1.165) is 19.3 Å². The number of hydrogen-bond acceptors (Lipinski definition) is 5. The first-order valence-corrected chi connectivity index (χ1v) is 11.6. The largest absolute Gasteiger partial charge is 0.462 e. The van der Waals surface area contributed by atoms with E-state index < -0.39 is 21.3 Å². The molecular weight excluding hydrogens is 356 g/mol. The Morgan fingerprint density at radius 2 is 1.31 bits per heavy atom. The third kappa shape index (κ3) is 14.5. The van der Waals surface area contributed by atoms with Gasteiger partial charge in [0.1, 0.15) is 6.61 Å². The fourth-order valence-corrected chi connectivity index (χ4v) is 3.65. The molecule has 156 valence electrons. The maximum Gasteiger partial charge on any atom is 0.326 e. The molecule has 0 bridgehead atoms. The van der Waals surface area contributed by atoms with Crippen LogP contribution in [0.15, 0.2) is 0 Å². The van der Waals surface area contributed by atoms with E-state index in [1.165, 1.54) is 58.5 Å². The number of rotatable bonds is 18. The van der Waals surface area contributed by atoms with Crippen molar-refractivity contribution in [1.82, 2.24) is 0 Å². The van der Waals surface area contributed by atoms with Gasteiger partial charge in [0.05, 0.1) is 6.61 Å². The van der Waals surface area contributed by atoms with Crippen molar-refractivity contribution in [1.29, 1.82) is 0 Å². The van der Waals surface area contributed by atoms with Gasteiger partial charge in [-0.3, -0.25) is 9.35 Å². The highest BCUT2D eigenvalue weighted by molar-refractivity contribution is 7.87. The summed E-state index contributed by atoms with van der Waals surface area (Å²) in [6.07, 6.45) is 14.1. The van der Waals surface area contributed by atoms with Crippen LogP contribution in [-0.2, 0) is 24.4 Å². The highest BCUT2D eigenvalue weighted by Gasteiger charge is 2.31. The summed E-state index contributed by atoms with van der Waals surface area (Å²) in [5.41, 5.74) is 0. The van der Waals surface area contributed by atoms with Gasteiger partial charge in [0.2, 0.25) is 0 Å². The molecule has 6 nitrogen and oxygen atoms in total. The Morgan fingerprint density at radius 1 is 0.846 bits per heavy atom. The van der Waals surface area contributed by atoms with Crippen molar-refractivity contribution in [2.24, 2.45) is 0 Å². The summed E-state index contributed by atoms with van der Waals surface area (Å²) >= 11 is 0. The minimum atomic E-state index is -4.43. The summed E-state index contributed by atoms with van der Waals surface area (Å²) in [5, 5.41) is -1.48. The topological polar surface area (TPSA) is 89.9 Å². The van der Waals surface area contributed by atoms with E-state index >= 15 is 0 Å². The number of methoxy groups -OCH3 is 1. The summed E-state index contributed by atoms with van der Waals surface area (Å²) in [5.74, 6) is -0.896. The molecule has 0 aromatic carbocycles. The second kappa shape index (κ2) is 16.5. The third-order valence-electron chi connectivity index (χ3n) is 4.47. The number of hydrogen-bond donors (Lipinski definition) is 1. The Balaban J connectivity index is 3.75. The van der Waals surface area contributed by atoms with Crippen molar-refractivity contribution >= 4 is 16.1 Å². The molecule has 0 radical (unpaired) electrons. The molecule has 0 rings (SSSR count). The molecule has 7 heteroatoms. The van der Waals surface area contributed by atoms with E-state index in [0.29, 0.717) is 6.42 Å². The van der Waals surface area contributed by atoms with Crippen LogP contribution in [0, 0.1) is 0 Å². The van der Waals surface area contributed by atoms with Crippen LogP contribution in [0.2, 0.25) is 0 Å². The Hall–Kier alpha value is -0.660. The van der Waals surface area contributed by atoms with E-state index in [4.69, 9.17) is 9.47 Å². The molecule has 1 unspecified atom stereocenters. The van der Waals surface area contributed by atoms with Crippen molar-refractivity contribution in [2.75, 3.05) is 20.3 Å². The lowest BCUT2D eigenvalue weighted by Crippen LogP contribution is -2.32. The number of esters is 1. The first-order chi connectivity index (χ1) is 12.4. The highest BCUT2D eigenvalue weighted by atomic mass is 32.2. The van der Waals surface area contributed by atoms with Gasteiger partial charge in [0.25, 0.3) is 10.1 Å². The Labute approximate surface area is 159 Å². The van der Waals surface area contributed by atoms with Crippen molar-refractivity contribution in [2.45, 2.75) is 95.6 Å². The quantitative estimate of drug-likeness (QED) is 0.209. The maximum atomic E-state index is 11.8. The summed E-state index contributed by atoms with van der Waals surface area (Å²) in [4.78, 5) is 11.8. The van der Waals surface area contributed by atoms with Gasteiger partial charge in [0, 0.05) is 7.11 Å². The van der Waals surface area contributed by atoms with Crippen molar-refractivity contribution < 1.29 is 27.2 Å². The SMILES string of the molecule is CCCCCCCCCCCCCCC(C(=O)OCCOC)S(=O)(=O)O. The lowest BCUT2D eigenvalue weighted by molar-refractivity contribution is -0.144. The fraction of sp³-hybridized carbons (Fsp3) is 0.947. The minimum absolute atomic E-state index is 0.0141. The molecule has 0 saturated heterocycles. The molecule has 1 atom stereocenters. The summed E-state index contributed by atoms with van der Waals surface area (Å²) in [6.45, 7) is 2.41. The molecule has 0 aliphatic rings. The molecule has 0 spiro atoms. The minimum Gasteiger partial charge on any atom is -0.462 e. The standard InChI is InChI=1S/C19H38O6S/c1-3-4-5-6-7-8-9-10-11-12-13-14-15-18(26(21,22)23)19(20)25-17-16-24-2/h18H,3-17H2,1-2H3,(H,21,22,23). The van der Waals surface area contributed by atoms with Gasteiger partial charge < -0.3 is 9.47 Å². The van der Waals surface area contributed by atoms with Crippen LogP contribution >= 0.6 is 0 Å². The zero-order chi connectivity index (χ0) is 19.7. The molecule has 0 heterocycles. The normalized spacial score (nSPS) is 12.9. The molecule has 0 aromatic rings. The second-order valence-electron chi connectivity index (χ2n) is 6.84. The molecule has 1 N–H and O–H groups in total. The summed E-state index contributed by atoms with van der Waals surface area (Å²) < 4.78 is 41.5. The molecule has 0 saturated carbocycles. The van der Waals surface area contributed by atoms with Crippen molar-refractivity contribution in [3.63, 3.8) is 0 Å². The van der Waals surface area contributed by atoms with Crippen LogP contribution < -0.4 is 0 Å². The lowest BCUT2D eigenvalue weighted by Gasteiger charge is -2.13. The van der Waals surface area contributed by atoms with E-state index in [2.05, 4.69) is 6.92 Å². The zero-order valence-electron chi connectivity index (χ0n) is 16.6. The number of carbonyl (C=O) groups is 1. The number of unbranched alkanes of at least 4 members (excludes halogenated alkanes) is 11. The predicted octanol–water partition coefficient (Wildman–Crippen LogP) is 4.52. The predicted molar refractivity (Wildman–Crippen MR) is 104 cm³/mol. The Bertz CT molecular complexity index is 435.